The van der Waals surface area contributed by atoms with Gasteiger partial charge in [-0.1, -0.05) is 6.07 Å². The molecule has 1 aliphatic rings. The number of carboxylic acids is 1. The van der Waals surface area contributed by atoms with Gasteiger partial charge in [0.15, 0.2) is 0 Å². The minimum atomic E-state index is -0.964. The van der Waals surface area contributed by atoms with E-state index in [1.54, 1.807) is 17.0 Å². The number of carbonyl (C=O) groups is 2. The number of nitrogens with zero attached hydrogens (tertiary/aromatic N) is 1. The second-order valence-electron chi connectivity index (χ2n) is 5.15. The average Bonchev–Trinajstić information content (AvgIpc) is 2.47. The molecule has 0 aliphatic carbocycles. The summed E-state index contributed by atoms with van der Waals surface area (Å²) in [5.41, 5.74) is 0.216. The zero-order chi connectivity index (χ0) is 15.2. The lowest BCUT2D eigenvalue weighted by molar-refractivity contribution is -0.132. The fraction of sp³-hybridized carbons (Fsp3) is 0.467. The second-order valence-corrected chi connectivity index (χ2v) is 5.15. The molecule has 0 spiro atoms. The summed E-state index contributed by atoms with van der Waals surface area (Å²) in [5, 5.41) is 12.2. The molecule has 21 heavy (non-hydrogen) atoms. The zero-order valence-corrected chi connectivity index (χ0v) is 12.0. The first kappa shape index (κ1) is 15.3. The van der Waals surface area contributed by atoms with E-state index in [1.165, 1.54) is 12.1 Å². The van der Waals surface area contributed by atoms with Gasteiger partial charge in [-0.3, -0.25) is 4.79 Å². The molecule has 2 rings (SSSR count). The molecule has 1 amide bonds. The van der Waals surface area contributed by atoms with Crippen molar-refractivity contribution in [2.45, 2.75) is 18.9 Å². The number of ether oxygens (including phenoxy) is 1. The Hall–Kier alpha value is -2.08. The van der Waals surface area contributed by atoms with Crippen LogP contribution < -0.4 is 10.1 Å². The second kappa shape index (κ2) is 7.08. The van der Waals surface area contributed by atoms with Crippen molar-refractivity contribution in [1.82, 2.24) is 10.2 Å². The van der Waals surface area contributed by atoms with Crippen LogP contribution in [0.3, 0.4) is 0 Å². The summed E-state index contributed by atoms with van der Waals surface area (Å²) in [4.78, 5) is 23.9. The molecule has 2 N–H and O–H groups in total. The van der Waals surface area contributed by atoms with E-state index in [9.17, 15) is 9.59 Å². The number of benzene rings is 1. The maximum Gasteiger partial charge on any atom is 0.335 e. The van der Waals surface area contributed by atoms with Gasteiger partial charge in [-0.15, -0.1) is 0 Å². The smallest absolute Gasteiger partial charge is 0.335 e. The van der Waals surface area contributed by atoms with Gasteiger partial charge in [-0.2, -0.15) is 0 Å². The van der Waals surface area contributed by atoms with E-state index < -0.39 is 5.97 Å². The number of rotatable bonds is 6. The van der Waals surface area contributed by atoms with Gasteiger partial charge in [0.2, 0.25) is 5.91 Å². The molecule has 0 saturated carbocycles. The standard InChI is InChI=1S/C15H20N2O4/c1-17-10-12(5-6-14(17)18)16-7-8-21-13-4-2-3-11(9-13)15(19)20/h2-4,9,12,16H,5-8,10H2,1H3,(H,19,20). The van der Waals surface area contributed by atoms with Gasteiger partial charge in [-0.25, -0.2) is 4.79 Å². The van der Waals surface area contributed by atoms with E-state index in [1.807, 2.05) is 7.05 Å². The van der Waals surface area contributed by atoms with Crippen molar-refractivity contribution in [3.63, 3.8) is 0 Å². The van der Waals surface area contributed by atoms with Crippen molar-refractivity contribution in [1.29, 1.82) is 0 Å². The van der Waals surface area contributed by atoms with Crippen molar-refractivity contribution in [2.24, 2.45) is 0 Å². The number of carbonyl (C=O) groups excluding carboxylic acids is 1. The molecule has 1 atom stereocenters. The minimum Gasteiger partial charge on any atom is -0.492 e. The third-order valence-corrected chi connectivity index (χ3v) is 3.51. The summed E-state index contributed by atoms with van der Waals surface area (Å²) in [7, 11) is 1.81. The van der Waals surface area contributed by atoms with Gasteiger partial charge in [0, 0.05) is 32.6 Å². The Balaban J connectivity index is 1.71. The fourth-order valence-electron chi connectivity index (χ4n) is 2.33. The topological polar surface area (TPSA) is 78.9 Å². The molecule has 6 heteroatoms. The van der Waals surface area contributed by atoms with Crippen LogP contribution in [0.4, 0.5) is 0 Å². The summed E-state index contributed by atoms with van der Waals surface area (Å²) in [5.74, 6) is -0.226. The van der Waals surface area contributed by atoms with Gasteiger partial charge >= 0.3 is 5.97 Å². The van der Waals surface area contributed by atoms with Gasteiger partial charge in [-0.05, 0) is 24.6 Å². The van der Waals surface area contributed by atoms with E-state index in [2.05, 4.69) is 5.32 Å². The number of carboxylic acid groups (broad SMARTS) is 1. The van der Waals surface area contributed by atoms with Gasteiger partial charge in [0.05, 0.1) is 5.56 Å². The van der Waals surface area contributed by atoms with E-state index in [4.69, 9.17) is 9.84 Å². The summed E-state index contributed by atoms with van der Waals surface area (Å²) in [6.45, 7) is 1.83. The molecular formula is C15H20N2O4. The number of hydrogen-bond donors (Lipinski definition) is 2. The van der Waals surface area contributed by atoms with Crippen LogP contribution in [0.2, 0.25) is 0 Å². The Morgan fingerprint density at radius 1 is 1.52 bits per heavy atom. The molecule has 0 aromatic heterocycles. The summed E-state index contributed by atoms with van der Waals surface area (Å²) >= 11 is 0. The number of amides is 1. The van der Waals surface area contributed by atoms with E-state index in [-0.39, 0.29) is 11.5 Å². The van der Waals surface area contributed by atoms with E-state index >= 15 is 0 Å². The number of hydrogen-bond acceptors (Lipinski definition) is 4. The van der Waals surface area contributed by atoms with Crippen molar-refractivity contribution in [3.05, 3.63) is 29.8 Å². The van der Waals surface area contributed by atoms with Crippen LogP contribution in [0.25, 0.3) is 0 Å². The Morgan fingerprint density at radius 3 is 3.05 bits per heavy atom. The molecule has 114 valence electrons. The third kappa shape index (κ3) is 4.46. The Kier molecular flexibility index (Phi) is 5.16. The number of likely N-dealkylation sites (tertiary alicyclic amines) is 1. The molecular weight excluding hydrogens is 272 g/mol. The number of likely N-dealkylation sites (N-methyl/N-ethyl adjacent to an activating group) is 1. The predicted molar refractivity (Wildman–Crippen MR) is 77.6 cm³/mol. The average molecular weight is 292 g/mol. The zero-order valence-electron chi connectivity index (χ0n) is 12.0. The fourth-order valence-corrected chi connectivity index (χ4v) is 2.33. The van der Waals surface area contributed by atoms with Crippen LogP contribution in [0.15, 0.2) is 24.3 Å². The molecule has 1 aromatic rings. The van der Waals surface area contributed by atoms with Crippen molar-refractivity contribution in [2.75, 3.05) is 26.7 Å². The highest BCUT2D eigenvalue weighted by atomic mass is 16.5. The maximum absolute atomic E-state index is 11.4. The molecule has 6 nitrogen and oxygen atoms in total. The van der Waals surface area contributed by atoms with Crippen molar-refractivity contribution < 1.29 is 19.4 Å². The molecule has 1 heterocycles. The van der Waals surface area contributed by atoms with Gasteiger partial charge in [0.25, 0.3) is 0 Å². The lowest BCUT2D eigenvalue weighted by Gasteiger charge is -2.30. The summed E-state index contributed by atoms with van der Waals surface area (Å²) < 4.78 is 5.53. The molecule has 1 aromatic carbocycles. The largest absolute Gasteiger partial charge is 0.492 e. The van der Waals surface area contributed by atoms with Crippen molar-refractivity contribution >= 4 is 11.9 Å². The lowest BCUT2D eigenvalue weighted by atomic mass is 10.1. The molecule has 1 aliphatic heterocycles. The van der Waals surface area contributed by atoms with E-state index in [0.717, 1.165) is 6.42 Å². The van der Waals surface area contributed by atoms with Gasteiger partial charge in [0.1, 0.15) is 12.4 Å². The Morgan fingerprint density at radius 2 is 2.33 bits per heavy atom. The predicted octanol–water partition coefficient (Wildman–Crippen LogP) is 0.974. The highest BCUT2D eigenvalue weighted by molar-refractivity contribution is 5.88. The highest BCUT2D eigenvalue weighted by Crippen LogP contribution is 2.13. The molecule has 0 bridgehead atoms. The number of piperidine rings is 1. The first-order chi connectivity index (χ1) is 10.1. The summed E-state index contributed by atoms with van der Waals surface area (Å²) in [6, 6.07) is 6.73. The number of aromatic carboxylic acids is 1. The molecule has 0 radical (unpaired) electrons. The minimum absolute atomic E-state index is 0.190. The first-order valence-corrected chi connectivity index (χ1v) is 7.00. The van der Waals surface area contributed by atoms with Crippen LogP contribution >= 0.6 is 0 Å². The first-order valence-electron chi connectivity index (χ1n) is 7.00. The van der Waals surface area contributed by atoms with Crippen LogP contribution in [0.5, 0.6) is 5.75 Å². The molecule has 1 saturated heterocycles. The van der Waals surface area contributed by atoms with Gasteiger partial charge < -0.3 is 20.1 Å². The maximum atomic E-state index is 11.4. The normalized spacial score (nSPS) is 18.6. The number of nitrogens with one attached hydrogen (secondary N) is 1. The van der Waals surface area contributed by atoms with Crippen molar-refractivity contribution in [3.8, 4) is 5.75 Å². The van der Waals surface area contributed by atoms with Crippen LogP contribution in [0, 0.1) is 0 Å². The highest BCUT2D eigenvalue weighted by Gasteiger charge is 2.21. The monoisotopic (exact) mass is 292 g/mol. The molecule has 1 fully saturated rings. The van der Waals surface area contributed by atoms with Crippen LogP contribution in [-0.2, 0) is 4.79 Å². The van der Waals surface area contributed by atoms with Crippen LogP contribution in [-0.4, -0.2) is 54.7 Å². The Bertz CT molecular complexity index is 518. The molecule has 1 unspecified atom stereocenters. The lowest BCUT2D eigenvalue weighted by Crippen LogP contribution is -2.47. The van der Waals surface area contributed by atoms with Crippen LogP contribution in [0.1, 0.15) is 23.2 Å². The quantitative estimate of drug-likeness (QED) is 0.764. The SMILES string of the molecule is CN1CC(NCCOc2cccc(C(=O)O)c2)CCC1=O. The third-order valence-electron chi connectivity index (χ3n) is 3.51. The van der Waals surface area contributed by atoms with E-state index in [0.29, 0.717) is 37.9 Å². The summed E-state index contributed by atoms with van der Waals surface area (Å²) in [6.07, 6.45) is 1.42. The Labute approximate surface area is 123 Å².